The number of aromatic hydroxyl groups is 4. The number of carbonyl (C=O) groups is 3. The van der Waals surface area contributed by atoms with Gasteiger partial charge in [-0.1, -0.05) is 6.07 Å². The first-order valence-corrected chi connectivity index (χ1v) is 11.1. The molecule has 14 heteroatoms. The Bertz CT molecular complexity index is 1350. The van der Waals surface area contributed by atoms with Gasteiger partial charge in [0.25, 0.3) is 5.79 Å². The summed E-state index contributed by atoms with van der Waals surface area (Å²) in [6.07, 6.45) is -4.21. The third-order valence-corrected chi connectivity index (χ3v) is 5.85. The van der Waals surface area contributed by atoms with Crippen LogP contribution in [0, 0.1) is 0 Å². The summed E-state index contributed by atoms with van der Waals surface area (Å²) in [6.45, 7) is 0. The second-order valence-corrected chi connectivity index (χ2v) is 8.67. The second-order valence-electron chi connectivity index (χ2n) is 8.67. The minimum Gasteiger partial charge on any atom is -0.507 e. The number of phenolic OH excluding ortho intramolecular Hbond substituents is 4. The number of aliphatic carboxylic acids is 1. The SMILES string of the molecule is O=C(C=C(O)c1ccc(O)c(O)c1)OC1CC(O)(C(=O)O)CC(O)C1(O)OC(=O)C=Cc1ccc(O)c(O)c1. The number of phenols is 4. The molecule has 208 valence electrons. The topological polar surface area (TPSA) is 252 Å². The molecule has 0 heterocycles. The van der Waals surface area contributed by atoms with Gasteiger partial charge in [-0.05, 0) is 42.0 Å². The number of hydrogen-bond donors (Lipinski definition) is 9. The molecule has 2 aromatic carbocycles. The van der Waals surface area contributed by atoms with E-state index in [1.807, 2.05) is 0 Å². The molecule has 0 aliphatic heterocycles. The van der Waals surface area contributed by atoms with Gasteiger partial charge in [0.15, 0.2) is 34.7 Å². The maximum atomic E-state index is 12.5. The Labute approximate surface area is 219 Å². The van der Waals surface area contributed by atoms with E-state index in [-0.39, 0.29) is 11.1 Å². The number of aliphatic hydroxyl groups excluding tert-OH is 2. The molecule has 0 aromatic heterocycles. The standard InChI is InChI=1S/C25H24O14/c26-14-4-1-12(7-17(14)29)2-6-21(32)39-25(37)19(31)10-24(36,23(34)35)11-20(25)38-22(33)9-16(28)13-3-5-15(27)18(30)8-13/h1-9,19-20,26-31,36-37H,10-11H2,(H,34,35). The van der Waals surface area contributed by atoms with E-state index in [0.717, 1.165) is 42.5 Å². The molecular formula is C25H24O14. The first kappa shape index (κ1) is 28.8. The van der Waals surface area contributed by atoms with Crippen molar-refractivity contribution in [3.05, 3.63) is 59.7 Å². The Balaban J connectivity index is 1.86. The van der Waals surface area contributed by atoms with Gasteiger partial charge in [-0.25, -0.2) is 14.4 Å². The first-order valence-electron chi connectivity index (χ1n) is 11.1. The fraction of sp³-hybridized carbons (Fsp3) is 0.240. The van der Waals surface area contributed by atoms with Crippen LogP contribution in [0.1, 0.15) is 24.0 Å². The van der Waals surface area contributed by atoms with Crippen LogP contribution < -0.4 is 0 Å². The summed E-state index contributed by atoms with van der Waals surface area (Å²) in [5.74, 6) is -10.5. The van der Waals surface area contributed by atoms with Crippen molar-refractivity contribution in [1.82, 2.24) is 0 Å². The molecule has 4 atom stereocenters. The lowest BCUT2D eigenvalue weighted by Crippen LogP contribution is -2.66. The summed E-state index contributed by atoms with van der Waals surface area (Å²) in [7, 11) is 0. The van der Waals surface area contributed by atoms with Gasteiger partial charge in [-0.2, -0.15) is 0 Å². The Kier molecular flexibility index (Phi) is 8.05. The lowest BCUT2D eigenvalue weighted by molar-refractivity contribution is -0.314. The highest BCUT2D eigenvalue weighted by Crippen LogP contribution is 2.39. The fourth-order valence-electron chi connectivity index (χ4n) is 3.71. The normalized spacial score (nSPS) is 25.3. The summed E-state index contributed by atoms with van der Waals surface area (Å²) in [5.41, 5.74) is -2.65. The largest absolute Gasteiger partial charge is 0.507 e. The van der Waals surface area contributed by atoms with Crippen molar-refractivity contribution in [2.75, 3.05) is 0 Å². The number of hydrogen-bond acceptors (Lipinski definition) is 13. The Morgan fingerprint density at radius 2 is 1.46 bits per heavy atom. The number of ether oxygens (including phenoxy) is 2. The zero-order chi connectivity index (χ0) is 29.1. The predicted molar refractivity (Wildman–Crippen MR) is 128 cm³/mol. The number of rotatable bonds is 7. The minimum atomic E-state index is -3.06. The van der Waals surface area contributed by atoms with E-state index < -0.39 is 83.1 Å². The number of benzene rings is 2. The minimum absolute atomic E-state index is 0.153. The van der Waals surface area contributed by atoms with Gasteiger partial charge < -0.3 is 55.4 Å². The van der Waals surface area contributed by atoms with Crippen LogP contribution in [-0.2, 0) is 23.9 Å². The molecule has 4 unspecified atom stereocenters. The molecule has 1 aliphatic rings. The van der Waals surface area contributed by atoms with Crippen molar-refractivity contribution >= 4 is 29.7 Å². The van der Waals surface area contributed by atoms with Crippen LogP contribution >= 0.6 is 0 Å². The molecule has 0 spiro atoms. The third-order valence-electron chi connectivity index (χ3n) is 5.85. The monoisotopic (exact) mass is 548 g/mol. The summed E-state index contributed by atoms with van der Waals surface area (Å²) >= 11 is 0. The lowest BCUT2D eigenvalue weighted by Gasteiger charge is -2.45. The van der Waals surface area contributed by atoms with Crippen LogP contribution in [0.2, 0.25) is 0 Å². The van der Waals surface area contributed by atoms with Gasteiger partial charge in [0, 0.05) is 24.5 Å². The van der Waals surface area contributed by atoms with E-state index in [1.165, 1.54) is 6.07 Å². The lowest BCUT2D eigenvalue weighted by atomic mass is 9.77. The molecule has 3 rings (SSSR count). The van der Waals surface area contributed by atoms with Crippen molar-refractivity contribution in [3.63, 3.8) is 0 Å². The van der Waals surface area contributed by atoms with Gasteiger partial charge in [-0.15, -0.1) is 0 Å². The number of carboxylic acid groups (broad SMARTS) is 1. The number of esters is 2. The van der Waals surface area contributed by atoms with Crippen molar-refractivity contribution < 1.29 is 69.8 Å². The summed E-state index contributed by atoms with van der Waals surface area (Å²) in [6, 6.07) is 6.57. The van der Waals surface area contributed by atoms with Crippen molar-refractivity contribution in [2.24, 2.45) is 0 Å². The van der Waals surface area contributed by atoms with Crippen LogP contribution in [0.15, 0.2) is 48.6 Å². The molecule has 9 N–H and O–H groups in total. The molecule has 14 nitrogen and oxygen atoms in total. The van der Waals surface area contributed by atoms with Gasteiger partial charge in [0.1, 0.15) is 11.9 Å². The van der Waals surface area contributed by atoms with Gasteiger partial charge in [-0.3, -0.25) is 0 Å². The van der Waals surface area contributed by atoms with Crippen LogP contribution in [-0.4, -0.2) is 87.5 Å². The van der Waals surface area contributed by atoms with Crippen molar-refractivity contribution in [1.29, 1.82) is 0 Å². The molecule has 1 aliphatic carbocycles. The number of aliphatic hydroxyl groups is 4. The van der Waals surface area contributed by atoms with Crippen molar-refractivity contribution in [2.45, 2.75) is 36.4 Å². The quantitative estimate of drug-likeness (QED) is 0.0739. The van der Waals surface area contributed by atoms with E-state index in [2.05, 4.69) is 0 Å². The highest BCUT2D eigenvalue weighted by atomic mass is 16.7. The summed E-state index contributed by atoms with van der Waals surface area (Å²) in [5, 5.41) is 89.2. The maximum absolute atomic E-state index is 12.5. The van der Waals surface area contributed by atoms with Crippen LogP contribution in [0.3, 0.4) is 0 Å². The second kappa shape index (κ2) is 10.9. The van der Waals surface area contributed by atoms with Crippen LogP contribution in [0.25, 0.3) is 11.8 Å². The van der Waals surface area contributed by atoms with Crippen molar-refractivity contribution in [3.8, 4) is 23.0 Å². The molecule has 1 saturated carbocycles. The van der Waals surface area contributed by atoms with Gasteiger partial charge in [0.2, 0.25) is 0 Å². The van der Waals surface area contributed by atoms with E-state index in [0.29, 0.717) is 6.08 Å². The zero-order valence-corrected chi connectivity index (χ0v) is 19.8. The molecule has 0 amide bonds. The van der Waals surface area contributed by atoms with Crippen LogP contribution in [0.5, 0.6) is 23.0 Å². The predicted octanol–water partition coefficient (Wildman–Crippen LogP) is 0.235. The first-order chi connectivity index (χ1) is 18.1. The van der Waals surface area contributed by atoms with E-state index in [1.54, 1.807) is 0 Å². The summed E-state index contributed by atoms with van der Waals surface area (Å²) in [4.78, 5) is 36.5. The smallest absolute Gasteiger partial charge is 0.335 e. The Morgan fingerprint density at radius 3 is 2.05 bits per heavy atom. The van der Waals surface area contributed by atoms with Gasteiger partial charge in [0.05, 0.1) is 6.08 Å². The highest BCUT2D eigenvalue weighted by molar-refractivity contribution is 5.90. The van der Waals surface area contributed by atoms with E-state index in [9.17, 15) is 60.3 Å². The third kappa shape index (κ3) is 6.38. The Morgan fingerprint density at radius 1 is 0.846 bits per heavy atom. The molecule has 1 fully saturated rings. The molecule has 0 bridgehead atoms. The van der Waals surface area contributed by atoms with E-state index in [4.69, 9.17) is 9.47 Å². The Hall–Kier alpha value is -4.79. The zero-order valence-electron chi connectivity index (χ0n) is 19.8. The maximum Gasteiger partial charge on any atom is 0.335 e. The average molecular weight is 548 g/mol. The molecule has 2 aromatic rings. The molecule has 0 saturated heterocycles. The average Bonchev–Trinajstić information content (AvgIpc) is 2.84. The summed E-state index contributed by atoms with van der Waals surface area (Å²) < 4.78 is 9.89. The number of carbonyl (C=O) groups excluding carboxylic acids is 2. The van der Waals surface area contributed by atoms with Gasteiger partial charge >= 0.3 is 17.9 Å². The molecular weight excluding hydrogens is 524 g/mol. The molecule has 39 heavy (non-hydrogen) atoms. The fourth-order valence-corrected chi connectivity index (χ4v) is 3.71. The number of carboxylic acids is 1. The van der Waals surface area contributed by atoms with E-state index >= 15 is 0 Å². The highest BCUT2D eigenvalue weighted by Gasteiger charge is 2.61. The van der Waals surface area contributed by atoms with Crippen LogP contribution in [0.4, 0.5) is 0 Å². The molecule has 0 radical (unpaired) electrons.